The molecule has 1 N–H and O–H groups in total. The fourth-order valence-corrected chi connectivity index (χ4v) is 2.81. The second-order valence-corrected chi connectivity index (χ2v) is 7.03. The topological polar surface area (TPSA) is 66.7 Å². The summed E-state index contributed by atoms with van der Waals surface area (Å²) in [6.07, 6.45) is 3.22. The number of hydrogen-bond acceptors (Lipinski definition) is 4. The van der Waals surface area contributed by atoms with E-state index in [0.29, 0.717) is 6.54 Å². The van der Waals surface area contributed by atoms with Crippen LogP contribution in [-0.4, -0.2) is 30.8 Å². The van der Waals surface area contributed by atoms with Crippen molar-refractivity contribution >= 4 is 17.8 Å². The molecule has 0 bridgehead atoms. The van der Waals surface area contributed by atoms with E-state index in [0.717, 1.165) is 22.4 Å². The Kier molecular flexibility index (Phi) is 6.24. The maximum absolute atomic E-state index is 12.7. The third-order valence-electron chi connectivity index (χ3n) is 4.53. The van der Waals surface area contributed by atoms with E-state index in [-0.39, 0.29) is 11.1 Å². The van der Waals surface area contributed by atoms with Gasteiger partial charge >= 0.3 is 0 Å². The third-order valence-corrected chi connectivity index (χ3v) is 4.53. The van der Waals surface area contributed by atoms with Crippen LogP contribution in [0.1, 0.15) is 27.0 Å². The van der Waals surface area contributed by atoms with Crippen molar-refractivity contribution in [3.8, 4) is 0 Å². The minimum absolute atomic E-state index is 0.0553. The van der Waals surface area contributed by atoms with Crippen LogP contribution in [0.2, 0.25) is 0 Å². The summed E-state index contributed by atoms with van der Waals surface area (Å²) in [6, 6.07) is 18.9. The quantitative estimate of drug-likeness (QED) is 0.521. The number of nitrogens with one attached hydrogen (secondary N) is 1. The highest BCUT2D eigenvalue weighted by Gasteiger charge is 2.11. The van der Waals surface area contributed by atoms with Crippen molar-refractivity contribution in [1.82, 2.24) is 9.99 Å². The summed E-state index contributed by atoms with van der Waals surface area (Å²) in [5.74, 6) is -0.533. The molecule has 3 aromatic rings. The molecule has 6 heteroatoms. The molecule has 29 heavy (non-hydrogen) atoms. The molecule has 0 saturated carbocycles. The van der Waals surface area contributed by atoms with Crippen molar-refractivity contribution in [1.29, 1.82) is 0 Å². The first-order chi connectivity index (χ1) is 13.9. The smallest absolute Gasteiger partial charge is 0.276 e. The highest BCUT2D eigenvalue weighted by Crippen LogP contribution is 2.11. The predicted molar refractivity (Wildman–Crippen MR) is 117 cm³/mol. The van der Waals surface area contributed by atoms with Crippen molar-refractivity contribution in [2.24, 2.45) is 5.10 Å². The minimum Gasteiger partial charge on any atom is -0.378 e. The lowest BCUT2D eigenvalue weighted by molar-refractivity contribution is 0.0953. The normalized spacial score (nSPS) is 10.9. The number of carbonyl (C=O) groups is 1. The molecule has 0 saturated heterocycles. The molecule has 0 aliphatic carbocycles. The molecule has 0 atom stereocenters. The van der Waals surface area contributed by atoms with Crippen LogP contribution in [0.25, 0.3) is 0 Å². The number of pyridine rings is 1. The number of nitrogens with zero attached hydrogens (tertiary/aromatic N) is 3. The summed E-state index contributed by atoms with van der Waals surface area (Å²) in [4.78, 5) is 27.1. The average Bonchev–Trinajstić information content (AvgIpc) is 2.71. The molecule has 0 spiro atoms. The largest absolute Gasteiger partial charge is 0.378 e. The van der Waals surface area contributed by atoms with Gasteiger partial charge in [0.25, 0.3) is 11.5 Å². The van der Waals surface area contributed by atoms with Crippen molar-refractivity contribution in [2.75, 3.05) is 19.0 Å². The van der Waals surface area contributed by atoms with E-state index in [1.807, 2.05) is 74.4 Å². The number of carbonyl (C=O) groups excluding carboxylic acids is 1. The van der Waals surface area contributed by atoms with Crippen molar-refractivity contribution in [3.05, 3.63) is 99.5 Å². The lowest BCUT2D eigenvalue weighted by Gasteiger charge is -2.11. The monoisotopic (exact) mass is 388 g/mol. The fraction of sp³-hybridized carbons (Fsp3) is 0.174. The van der Waals surface area contributed by atoms with Gasteiger partial charge in [-0.2, -0.15) is 5.10 Å². The second-order valence-electron chi connectivity index (χ2n) is 7.03. The maximum Gasteiger partial charge on any atom is 0.276 e. The van der Waals surface area contributed by atoms with Crippen LogP contribution in [0.3, 0.4) is 0 Å². The SMILES string of the molecule is Cc1ccc(Cn2cccc(C(=O)N/N=C\c3ccc(N(C)C)cc3)c2=O)cc1. The van der Waals surface area contributed by atoms with Gasteiger partial charge in [-0.15, -0.1) is 0 Å². The van der Waals surface area contributed by atoms with Crippen molar-refractivity contribution in [2.45, 2.75) is 13.5 Å². The molecular weight excluding hydrogens is 364 g/mol. The number of aromatic nitrogens is 1. The van der Waals surface area contributed by atoms with Gasteiger partial charge in [-0.05, 0) is 42.3 Å². The molecule has 0 aliphatic rings. The standard InChI is InChI=1S/C23H24N4O2/c1-17-6-8-19(9-7-17)16-27-14-4-5-21(23(27)29)22(28)25-24-15-18-10-12-20(13-11-18)26(2)3/h4-15H,16H2,1-3H3,(H,25,28)/b24-15-. The first kappa shape index (κ1) is 20.1. The molecule has 0 radical (unpaired) electrons. The Labute approximate surface area is 170 Å². The van der Waals surface area contributed by atoms with E-state index >= 15 is 0 Å². The number of benzene rings is 2. The van der Waals surface area contributed by atoms with Crippen LogP contribution in [0, 0.1) is 6.92 Å². The number of aryl methyl sites for hydroxylation is 1. The Hall–Kier alpha value is -3.67. The van der Waals surface area contributed by atoms with E-state index < -0.39 is 5.91 Å². The van der Waals surface area contributed by atoms with Gasteiger partial charge in [-0.1, -0.05) is 42.0 Å². The van der Waals surface area contributed by atoms with E-state index in [1.165, 1.54) is 10.6 Å². The van der Waals surface area contributed by atoms with E-state index in [4.69, 9.17) is 0 Å². The van der Waals surface area contributed by atoms with Gasteiger partial charge in [-0.3, -0.25) is 9.59 Å². The molecule has 1 heterocycles. The van der Waals surface area contributed by atoms with Crippen LogP contribution in [-0.2, 0) is 6.54 Å². The maximum atomic E-state index is 12.7. The van der Waals surface area contributed by atoms with E-state index in [1.54, 1.807) is 18.5 Å². The van der Waals surface area contributed by atoms with Gasteiger partial charge < -0.3 is 9.47 Å². The van der Waals surface area contributed by atoms with Gasteiger partial charge in [0.1, 0.15) is 5.56 Å². The highest BCUT2D eigenvalue weighted by atomic mass is 16.2. The highest BCUT2D eigenvalue weighted by molar-refractivity contribution is 5.94. The zero-order valence-corrected chi connectivity index (χ0v) is 16.8. The molecule has 1 amide bonds. The summed E-state index contributed by atoms with van der Waals surface area (Å²) >= 11 is 0. The molecule has 2 aromatic carbocycles. The van der Waals surface area contributed by atoms with Crippen LogP contribution < -0.4 is 15.9 Å². The van der Waals surface area contributed by atoms with Gasteiger partial charge in [-0.25, -0.2) is 5.43 Å². The number of rotatable bonds is 6. The van der Waals surface area contributed by atoms with Gasteiger partial charge in [0.2, 0.25) is 0 Å². The zero-order chi connectivity index (χ0) is 20.8. The van der Waals surface area contributed by atoms with E-state index in [2.05, 4.69) is 10.5 Å². The summed E-state index contributed by atoms with van der Waals surface area (Å²) in [6.45, 7) is 2.42. The summed E-state index contributed by atoms with van der Waals surface area (Å²) in [7, 11) is 3.93. The second kappa shape index (κ2) is 9.01. The molecule has 148 valence electrons. The van der Waals surface area contributed by atoms with Crippen molar-refractivity contribution < 1.29 is 4.79 Å². The summed E-state index contributed by atoms with van der Waals surface area (Å²) in [5, 5.41) is 3.97. The lowest BCUT2D eigenvalue weighted by atomic mass is 10.1. The third kappa shape index (κ3) is 5.19. The summed E-state index contributed by atoms with van der Waals surface area (Å²) < 4.78 is 1.52. The Morgan fingerprint density at radius 1 is 1.07 bits per heavy atom. The molecule has 0 fully saturated rings. The molecule has 3 rings (SSSR count). The van der Waals surface area contributed by atoms with Gasteiger partial charge in [0.15, 0.2) is 0 Å². The molecule has 0 aliphatic heterocycles. The van der Waals surface area contributed by atoms with Crippen LogP contribution >= 0.6 is 0 Å². The Balaban J connectivity index is 1.69. The average molecular weight is 388 g/mol. The summed E-state index contributed by atoms with van der Waals surface area (Å²) in [5.41, 5.74) is 6.21. The Bertz CT molecular complexity index is 1070. The molecular formula is C23H24N4O2. The van der Waals surface area contributed by atoms with Crippen molar-refractivity contribution in [3.63, 3.8) is 0 Å². The number of amides is 1. The fourth-order valence-electron chi connectivity index (χ4n) is 2.81. The van der Waals surface area contributed by atoms with Crippen LogP contribution in [0.4, 0.5) is 5.69 Å². The predicted octanol–water partition coefficient (Wildman–Crippen LogP) is 3.03. The Morgan fingerprint density at radius 2 is 1.76 bits per heavy atom. The number of hydrazone groups is 1. The minimum atomic E-state index is -0.533. The first-order valence-electron chi connectivity index (χ1n) is 9.30. The molecule has 0 unspecified atom stereocenters. The van der Waals surface area contributed by atoms with Crippen LogP contribution in [0.5, 0.6) is 0 Å². The first-order valence-corrected chi connectivity index (χ1v) is 9.30. The van der Waals surface area contributed by atoms with Gasteiger partial charge in [0.05, 0.1) is 12.8 Å². The van der Waals surface area contributed by atoms with Gasteiger partial charge in [0, 0.05) is 26.0 Å². The number of anilines is 1. The Morgan fingerprint density at radius 3 is 2.41 bits per heavy atom. The van der Waals surface area contributed by atoms with Crippen LogP contribution in [0.15, 0.2) is 76.8 Å². The molecule has 1 aromatic heterocycles. The zero-order valence-electron chi connectivity index (χ0n) is 16.8. The van der Waals surface area contributed by atoms with E-state index in [9.17, 15) is 9.59 Å². The number of hydrogen-bond donors (Lipinski definition) is 1. The molecule has 6 nitrogen and oxygen atoms in total. The lowest BCUT2D eigenvalue weighted by Crippen LogP contribution is -2.30.